The fraction of sp³-hybridized carbons (Fsp3) is 0.143. The Balaban J connectivity index is 2.50. The van der Waals surface area contributed by atoms with E-state index in [0.29, 0.717) is 0 Å². The number of benzene rings is 1. The lowest BCUT2D eigenvalue weighted by Crippen LogP contribution is -2.23. The zero-order valence-corrected chi connectivity index (χ0v) is 7.32. The van der Waals surface area contributed by atoms with Gasteiger partial charge in [0, 0.05) is 10.8 Å². The van der Waals surface area contributed by atoms with Crippen LogP contribution in [0.2, 0.25) is 5.02 Å². The smallest absolute Gasteiger partial charge is 0.394 e. The molecule has 1 aliphatic heterocycles. The van der Waals surface area contributed by atoms with Crippen LogP contribution in [0.3, 0.4) is 0 Å². The van der Waals surface area contributed by atoms with E-state index < -0.39 is 0 Å². The summed E-state index contributed by atoms with van der Waals surface area (Å²) < 4.78 is 0. The molecule has 1 nitrogen and oxygen atoms in total. The summed E-state index contributed by atoms with van der Waals surface area (Å²) in [5.74, 6) is 0.872. The zero-order valence-electron chi connectivity index (χ0n) is 5.75. The predicted octanol–water partition coefficient (Wildman–Crippen LogP) is 1.27. The summed E-state index contributed by atoms with van der Waals surface area (Å²) in [4.78, 5) is 0. The second-order valence-corrected chi connectivity index (χ2v) is 4.01. The van der Waals surface area contributed by atoms with E-state index in [0.717, 1.165) is 21.8 Å². The van der Waals surface area contributed by atoms with E-state index in [9.17, 15) is 5.02 Å². The van der Waals surface area contributed by atoms with Gasteiger partial charge >= 0.3 is 6.19 Å². The van der Waals surface area contributed by atoms with Gasteiger partial charge in [-0.05, 0) is 23.2 Å². The molecule has 1 N–H and O–H groups in total. The molecule has 1 aromatic rings. The highest BCUT2D eigenvalue weighted by Crippen LogP contribution is 2.23. The first-order valence-electron chi connectivity index (χ1n) is 3.35. The van der Waals surface area contributed by atoms with Gasteiger partial charge in [0.1, 0.15) is 0 Å². The lowest BCUT2D eigenvalue weighted by molar-refractivity contribution is 0.609. The molecule has 0 fully saturated rings. The van der Waals surface area contributed by atoms with Gasteiger partial charge in [-0.2, -0.15) is 11.6 Å². The maximum atomic E-state index is 9.39. The zero-order chi connectivity index (χ0) is 7.84. The fourth-order valence-corrected chi connectivity index (χ4v) is 2.39. The number of halogens is 1. The molecule has 0 aliphatic carbocycles. The van der Waals surface area contributed by atoms with Gasteiger partial charge in [0.15, 0.2) is 0 Å². The Morgan fingerprint density at radius 2 is 2.36 bits per heavy atom. The van der Waals surface area contributed by atoms with Crippen LogP contribution in [0.4, 0.5) is 0 Å². The van der Waals surface area contributed by atoms with Crippen molar-refractivity contribution in [2.24, 2.45) is 0 Å². The van der Waals surface area contributed by atoms with Crippen molar-refractivity contribution in [3.8, 4) is 0 Å². The molecular formula is C7H6BClOS. The fourth-order valence-electron chi connectivity index (χ4n) is 1.20. The van der Waals surface area contributed by atoms with Gasteiger partial charge in [0.05, 0.1) is 0 Å². The third-order valence-electron chi connectivity index (χ3n) is 1.77. The Kier molecular flexibility index (Phi) is 1.87. The van der Waals surface area contributed by atoms with Crippen molar-refractivity contribution in [3.63, 3.8) is 0 Å². The molecule has 0 aromatic heterocycles. The Hall–Kier alpha value is -0.115. The van der Waals surface area contributed by atoms with Gasteiger partial charge in [0.25, 0.3) is 0 Å². The minimum Gasteiger partial charge on any atom is -0.438 e. The summed E-state index contributed by atoms with van der Waals surface area (Å²) in [7, 11) is 0. The highest BCUT2D eigenvalue weighted by Gasteiger charge is 2.25. The van der Waals surface area contributed by atoms with E-state index in [-0.39, 0.29) is 6.19 Å². The van der Waals surface area contributed by atoms with Crippen molar-refractivity contribution in [1.29, 1.82) is 0 Å². The molecule has 1 aliphatic rings. The maximum Gasteiger partial charge on any atom is 0.394 e. The molecule has 0 atom stereocenters. The molecule has 0 spiro atoms. The SMILES string of the molecule is OB1SCc2cc(Cl)ccc21. The largest absolute Gasteiger partial charge is 0.438 e. The summed E-state index contributed by atoms with van der Waals surface area (Å²) in [6.45, 7) is 0. The van der Waals surface area contributed by atoms with Crippen LogP contribution in [0, 0.1) is 0 Å². The first-order chi connectivity index (χ1) is 5.27. The second kappa shape index (κ2) is 2.74. The molecule has 56 valence electrons. The molecule has 0 saturated carbocycles. The third-order valence-corrected chi connectivity index (χ3v) is 3.05. The van der Waals surface area contributed by atoms with Crippen LogP contribution in [-0.2, 0) is 5.75 Å². The Bertz CT molecular complexity index is 292. The minimum absolute atomic E-state index is 0.345. The van der Waals surface area contributed by atoms with Crippen LogP contribution < -0.4 is 5.46 Å². The highest BCUT2D eigenvalue weighted by atomic mass is 35.5. The Morgan fingerprint density at radius 3 is 3.18 bits per heavy atom. The molecule has 1 heterocycles. The quantitative estimate of drug-likeness (QED) is 0.613. The summed E-state index contributed by atoms with van der Waals surface area (Å²) in [6.07, 6.45) is -0.345. The summed E-state index contributed by atoms with van der Waals surface area (Å²) in [6, 6.07) is 5.62. The van der Waals surface area contributed by atoms with Crippen molar-refractivity contribution in [2.45, 2.75) is 5.75 Å². The Labute approximate surface area is 74.8 Å². The van der Waals surface area contributed by atoms with E-state index >= 15 is 0 Å². The van der Waals surface area contributed by atoms with Crippen molar-refractivity contribution < 1.29 is 5.02 Å². The van der Waals surface area contributed by atoms with Crippen LogP contribution in [0.1, 0.15) is 5.56 Å². The maximum absolute atomic E-state index is 9.39. The van der Waals surface area contributed by atoms with E-state index in [1.54, 1.807) is 0 Å². The van der Waals surface area contributed by atoms with E-state index in [2.05, 4.69) is 0 Å². The van der Waals surface area contributed by atoms with E-state index in [1.807, 2.05) is 18.2 Å². The molecule has 0 saturated heterocycles. The number of fused-ring (bicyclic) bond motifs is 1. The van der Waals surface area contributed by atoms with Crippen LogP contribution in [-0.4, -0.2) is 11.2 Å². The van der Waals surface area contributed by atoms with Crippen LogP contribution in [0.15, 0.2) is 18.2 Å². The van der Waals surface area contributed by atoms with Crippen molar-refractivity contribution in [1.82, 2.24) is 0 Å². The van der Waals surface area contributed by atoms with Gasteiger partial charge in [-0.25, -0.2) is 0 Å². The summed E-state index contributed by atoms with van der Waals surface area (Å²) in [5.41, 5.74) is 2.18. The van der Waals surface area contributed by atoms with E-state index in [4.69, 9.17) is 11.6 Å². The summed E-state index contributed by atoms with van der Waals surface area (Å²) >= 11 is 7.31. The van der Waals surface area contributed by atoms with Gasteiger partial charge in [0.2, 0.25) is 0 Å². The van der Waals surface area contributed by atoms with Crippen LogP contribution in [0.25, 0.3) is 0 Å². The Morgan fingerprint density at radius 1 is 1.55 bits per heavy atom. The van der Waals surface area contributed by atoms with Gasteiger partial charge < -0.3 is 5.02 Å². The van der Waals surface area contributed by atoms with Crippen molar-refractivity contribution in [3.05, 3.63) is 28.8 Å². The van der Waals surface area contributed by atoms with Crippen LogP contribution >= 0.6 is 23.2 Å². The number of hydrogen-bond acceptors (Lipinski definition) is 2. The molecule has 0 unspecified atom stereocenters. The standard InChI is InChI=1S/C7H6BClOS/c9-6-1-2-7-5(3-6)4-11-8(7)10/h1-3,10H,4H2. The van der Waals surface area contributed by atoms with Crippen LogP contribution in [0.5, 0.6) is 0 Å². The first kappa shape index (κ1) is 7.53. The number of hydrogen-bond donors (Lipinski definition) is 1. The lowest BCUT2D eigenvalue weighted by atomic mass is 9.84. The normalized spacial score (nSPS) is 15.3. The highest BCUT2D eigenvalue weighted by molar-refractivity contribution is 8.25. The monoisotopic (exact) mass is 184 g/mol. The molecule has 2 rings (SSSR count). The average molecular weight is 184 g/mol. The molecule has 4 heteroatoms. The molecule has 0 bridgehead atoms. The van der Waals surface area contributed by atoms with Gasteiger partial charge in [-0.15, -0.1) is 0 Å². The lowest BCUT2D eigenvalue weighted by Gasteiger charge is -1.98. The third kappa shape index (κ3) is 1.28. The summed E-state index contributed by atoms with van der Waals surface area (Å²) in [5, 5.41) is 10.1. The van der Waals surface area contributed by atoms with Gasteiger partial charge in [-0.3, -0.25) is 0 Å². The average Bonchev–Trinajstić information content (AvgIpc) is 2.32. The van der Waals surface area contributed by atoms with Gasteiger partial charge in [-0.1, -0.05) is 17.7 Å². The van der Waals surface area contributed by atoms with Crippen molar-refractivity contribution >= 4 is 34.9 Å². The topological polar surface area (TPSA) is 20.2 Å². The van der Waals surface area contributed by atoms with Crippen molar-refractivity contribution in [2.75, 3.05) is 0 Å². The molecule has 0 amide bonds. The molecule has 11 heavy (non-hydrogen) atoms. The molecule has 1 aromatic carbocycles. The second-order valence-electron chi connectivity index (χ2n) is 2.51. The minimum atomic E-state index is -0.345. The molecule has 0 radical (unpaired) electrons. The first-order valence-corrected chi connectivity index (χ1v) is 4.78. The number of rotatable bonds is 0. The molecular weight excluding hydrogens is 178 g/mol. The van der Waals surface area contributed by atoms with E-state index in [1.165, 1.54) is 11.6 Å². The predicted molar refractivity (Wildman–Crippen MR) is 50.4 cm³/mol.